The van der Waals surface area contributed by atoms with E-state index in [0.717, 1.165) is 0 Å². The Balaban J connectivity index is 1.56. The molecule has 170 valence electrons. The van der Waals surface area contributed by atoms with Crippen LogP contribution in [0.15, 0.2) is 18.2 Å². The number of ether oxygens (including phenoxy) is 6. The van der Waals surface area contributed by atoms with Crippen molar-refractivity contribution in [1.82, 2.24) is 0 Å². The van der Waals surface area contributed by atoms with E-state index in [9.17, 15) is 9.59 Å². The molecule has 31 heavy (non-hydrogen) atoms. The third kappa shape index (κ3) is 3.62. The highest BCUT2D eigenvalue weighted by molar-refractivity contribution is 5.97. The third-order valence-corrected chi connectivity index (χ3v) is 6.05. The molecule has 11 heteroatoms. The van der Waals surface area contributed by atoms with E-state index in [1.54, 1.807) is 32.0 Å². The lowest BCUT2D eigenvalue weighted by atomic mass is 10.00. The Morgan fingerprint density at radius 1 is 1.19 bits per heavy atom. The molecule has 1 aromatic carbocycles. The van der Waals surface area contributed by atoms with Gasteiger partial charge in [-0.15, -0.1) is 0 Å². The molecule has 0 saturated carbocycles. The van der Waals surface area contributed by atoms with Gasteiger partial charge in [0.1, 0.15) is 18.0 Å². The second-order valence-corrected chi connectivity index (χ2v) is 7.82. The van der Waals surface area contributed by atoms with Crippen molar-refractivity contribution < 1.29 is 38.0 Å². The Morgan fingerprint density at radius 3 is 2.58 bits per heavy atom. The van der Waals surface area contributed by atoms with E-state index in [1.165, 1.54) is 19.1 Å². The number of cyclic esters (lactones) is 1. The smallest absolute Gasteiger partial charge is 0.414 e. The zero-order chi connectivity index (χ0) is 22.4. The highest BCUT2D eigenvalue weighted by atomic mass is 16.8. The molecule has 3 aliphatic rings. The lowest BCUT2D eigenvalue weighted by Gasteiger charge is -2.52. The predicted octanol–water partition coefficient (Wildman–Crippen LogP) is 0.811. The molecule has 1 aromatic rings. The van der Waals surface area contributed by atoms with Gasteiger partial charge in [-0.1, -0.05) is 0 Å². The van der Waals surface area contributed by atoms with Crippen molar-refractivity contribution in [3.8, 4) is 5.75 Å². The van der Waals surface area contributed by atoms with Crippen LogP contribution in [0.1, 0.15) is 13.8 Å². The number of anilines is 2. The Hall–Kier alpha value is -2.44. The number of fused-ring (bicyclic) bond motifs is 1. The van der Waals surface area contributed by atoms with Gasteiger partial charge in [0.05, 0.1) is 12.2 Å². The number of hydrogen-bond donors (Lipinski definition) is 2. The number of hydrogen-bond acceptors (Lipinski definition) is 9. The van der Waals surface area contributed by atoms with Crippen LogP contribution in [0, 0.1) is 0 Å². The minimum atomic E-state index is -1.26. The Bertz CT molecular complexity index is 882. The zero-order valence-corrected chi connectivity index (χ0v) is 17.9. The Labute approximate surface area is 179 Å². The van der Waals surface area contributed by atoms with Gasteiger partial charge in [-0.2, -0.15) is 0 Å². The largest absolute Gasteiger partial charge is 0.482 e. The number of nitrogens with one attached hydrogen (secondary N) is 1. The first-order valence-corrected chi connectivity index (χ1v) is 9.94. The second kappa shape index (κ2) is 7.92. The van der Waals surface area contributed by atoms with Crippen LogP contribution in [0.2, 0.25) is 0 Å². The number of amides is 2. The first-order chi connectivity index (χ1) is 14.7. The summed E-state index contributed by atoms with van der Waals surface area (Å²) in [5, 5.41) is 2.73. The molecule has 2 fully saturated rings. The molecule has 11 nitrogen and oxygen atoms in total. The molecule has 0 aliphatic carbocycles. The fourth-order valence-corrected chi connectivity index (χ4v) is 3.98. The number of carbonyl (C=O) groups is 2. The molecule has 3 heterocycles. The summed E-state index contributed by atoms with van der Waals surface area (Å²) < 4.78 is 34.4. The van der Waals surface area contributed by atoms with Gasteiger partial charge in [-0.3, -0.25) is 9.69 Å². The van der Waals surface area contributed by atoms with E-state index < -0.39 is 36.0 Å². The summed E-state index contributed by atoms with van der Waals surface area (Å²) in [6.45, 7) is 3.67. The summed E-state index contributed by atoms with van der Waals surface area (Å²) in [4.78, 5) is 25.7. The molecular weight excluding hydrogens is 410 g/mol. The van der Waals surface area contributed by atoms with Crippen LogP contribution in [0.25, 0.3) is 0 Å². The average Bonchev–Trinajstić information content (AvgIpc) is 3.16. The number of nitrogens with two attached hydrogens (primary N) is 1. The van der Waals surface area contributed by atoms with Gasteiger partial charge >= 0.3 is 6.09 Å². The fraction of sp³-hybridized carbons (Fsp3) is 0.600. The maximum Gasteiger partial charge on any atom is 0.414 e. The summed E-state index contributed by atoms with van der Waals surface area (Å²) in [5.74, 6) is -2.19. The molecule has 3 N–H and O–H groups in total. The summed E-state index contributed by atoms with van der Waals surface area (Å²) in [5.41, 5.74) is 6.97. The maximum absolute atomic E-state index is 12.7. The van der Waals surface area contributed by atoms with E-state index in [-0.39, 0.29) is 25.6 Å². The van der Waals surface area contributed by atoms with Crippen LogP contribution in [-0.4, -0.2) is 75.8 Å². The van der Waals surface area contributed by atoms with Crippen molar-refractivity contribution in [2.24, 2.45) is 5.73 Å². The molecular formula is C20H27N3O8. The quantitative estimate of drug-likeness (QED) is 0.687. The van der Waals surface area contributed by atoms with Gasteiger partial charge in [0.25, 0.3) is 5.91 Å². The summed E-state index contributed by atoms with van der Waals surface area (Å²) in [7, 11) is 2.97. The molecule has 5 atom stereocenters. The normalized spacial score (nSPS) is 35.3. The van der Waals surface area contributed by atoms with Crippen molar-refractivity contribution in [3.63, 3.8) is 0 Å². The Morgan fingerprint density at radius 2 is 1.90 bits per heavy atom. The van der Waals surface area contributed by atoms with Crippen molar-refractivity contribution >= 4 is 23.4 Å². The van der Waals surface area contributed by atoms with Gasteiger partial charge in [0.2, 0.25) is 11.6 Å². The van der Waals surface area contributed by atoms with Crippen molar-refractivity contribution in [1.29, 1.82) is 0 Å². The second-order valence-electron chi connectivity index (χ2n) is 7.82. The molecule has 0 bridgehead atoms. The molecule has 2 amide bonds. The van der Waals surface area contributed by atoms with E-state index in [1.807, 2.05) is 0 Å². The Kier molecular flexibility index (Phi) is 5.56. The first-order valence-electron chi connectivity index (χ1n) is 9.94. The maximum atomic E-state index is 12.7. The number of rotatable bonds is 5. The summed E-state index contributed by atoms with van der Waals surface area (Å²) in [6.07, 6.45) is -2.50. The SMILES string of the molecule is CO[C@@]1(C)O[C@H]([C@@H]2CN(c3ccc4c(c3)NC(=O)CO4)C(=O)O2)[C@@H](CN)O[C@]1(C)OC. The van der Waals surface area contributed by atoms with Crippen LogP contribution >= 0.6 is 0 Å². The fourth-order valence-electron chi connectivity index (χ4n) is 3.98. The first kappa shape index (κ1) is 21.8. The van der Waals surface area contributed by atoms with E-state index >= 15 is 0 Å². The van der Waals surface area contributed by atoms with Crippen LogP contribution < -0.4 is 20.7 Å². The van der Waals surface area contributed by atoms with Gasteiger partial charge in [-0.25, -0.2) is 4.79 Å². The molecule has 0 unspecified atom stereocenters. The van der Waals surface area contributed by atoms with Crippen LogP contribution in [0.3, 0.4) is 0 Å². The standard InChI is InChI=1S/C20H27N3O8/c1-19(26-3)20(2,27-4)31-17(14(8-21)30-19)15-9-23(18(25)29-15)11-5-6-13-12(7-11)22-16(24)10-28-13/h5-7,14-15,17H,8-10,21H2,1-4H3,(H,22,24)/t14-,15+,17+,19+,20+/m1/s1. The highest BCUT2D eigenvalue weighted by Gasteiger charge is 2.59. The van der Waals surface area contributed by atoms with Gasteiger partial charge in [0, 0.05) is 26.5 Å². The molecule has 0 spiro atoms. The van der Waals surface area contributed by atoms with Crippen molar-refractivity contribution in [2.75, 3.05) is 44.1 Å². The van der Waals surface area contributed by atoms with E-state index in [0.29, 0.717) is 17.1 Å². The minimum absolute atomic E-state index is 0.0433. The number of methoxy groups -OCH3 is 2. The van der Waals surface area contributed by atoms with Crippen LogP contribution in [0.5, 0.6) is 5.75 Å². The van der Waals surface area contributed by atoms with Gasteiger partial charge < -0.3 is 39.5 Å². The average molecular weight is 437 g/mol. The van der Waals surface area contributed by atoms with Gasteiger partial charge in [-0.05, 0) is 32.0 Å². The van der Waals surface area contributed by atoms with E-state index in [2.05, 4.69) is 5.32 Å². The minimum Gasteiger partial charge on any atom is -0.482 e. The number of carbonyl (C=O) groups excluding carboxylic acids is 2. The number of nitrogens with zero attached hydrogens (tertiary/aromatic N) is 1. The third-order valence-electron chi connectivity index (χ3n) is 6.05. The molecule has 2 saturated heterocycles. The highest BCUT2D eigenvalue weighted by Crippen LogP contribution is 2.41. The predicted molar refractivity (Wildman–Crippen MR) is 108 cm³/mol. The summed E-state index contributed by atoms with van der Waals surface area (Å²) >= 11 is 0. The summed E-state index contributed by atoms with van der Waals surface area (Å²) in [6, 6.07) is 5.08. The van der Waals surface area contributed by atoms with Crippen LogP contribution in [-0.2, 0) is 28.5 Å². The monoisotopic (exact) mass is 437 g/mol. The molecule has 3 aliphatic heterocycles. The molecule has 0 aromatic heterocycles. The lowest BCUT2D eigenvalue weighted by molar-refractivity contribution is -0.451. The van der Waals surface area contributed by atoms with E-state index in [4.69, 9.17) is 34.2 Å². The zero-order valence-electron chi connectivity index (χ0n) is 17.9. The number of benzene rings is 1. The molecule has 4 rings (SSSR count). The lowest BCUT2D eigenvalue weighted by Crippen LogP contribution is -2.68. The van der Waals surface area contributed by atoms with Crippen molar-refractivity contribution in [3.05, 3.63) is 18.2 Å². The topological polar surface area (TPSA) is 131 Å². The molecule has 0 radical (unpaired) electrons. The van der Waals surface area contributed by atoms with Crippen molar-refractivity contribution in [2.45, 2.75) is 43.7 Å². The van der Waals surface area contributed by atoms with Crippen LogP contribution in [0.4, 0.5) is 16.2 Å². The van der Waals surface area contributed by atoms with Gasteiger partial charge in [0.15, 0.2) is 12.7 Å².